The fraction of sp³-hybridized carbons (Fsp3) is 0.385. The number of likely N-dealkylation sites (tertiary alicyclic amines) is 1. The van der Waals surface area contributed by atoms with Crippen LogP contribution in [0.3, 0.4) is 0 Å². The highest BCUT2D eigenvalue weighted by molar-refractivity contribution is 5.94. The van der Waals surface area contributed by atoms with Crippen LogP contribution in [0.25, 0.3) is 0 Å². The molecule has 0 saturated carbocycles. The lowest BCUT2D eigenvalue weighted by Gasteiger charge is -2.14. The van der Waals surface area contributed by atoms with Crippen LogP contribution in [0.15, 0.2) is 30.3 Å². The van der Waals surface area contributed by atoms with Crippen molar-refractivity contribution >= 4 is 12.0 Å². The van der Waals surface area contributed by atoms with Gasteiger partial charge in [-0.15, -0.1) is 0 Å². The van der Waals surface area contributed by atoms with Gasteiger partial charge in [0, 0.05) is 12.5 Å². The maximum Gasteiger partial charge on any atom is 0.416 e. The number of hydrogen-bond donors (Lipinski definition) is 0. The van der Waals surface area contributed by atoms with Gasteiger partial charge in [-0.05, 0) is 12.0 Å². The first kappa shape index (κ1) is 11.6. The normalized spacial score (nSPS) is 19.5. The van der Waals surface area contributed by atoms with E-state index in [1.165, 1.54) is 4.90 Å². The predicted octanol–water partition coefficient (Wildman–Crippen LogP) is 2.19. The summed E-state index contributed by atoms with van der Waals surface area (Å²) < 4.78 is 5.10. The average molecular weight is 233 g/mol. The van der Waals surface area contributed by atoms with Crippen molar-refractivity contribution in [2.75, 3.05) is 6.54 Å². The molecule has 1 aromatic rings. The van der Waals surface area contributed by atoms with Gasteiger partial charge in [-0.3, -0.25) is 4.79 Å². The fourth-order valence-corrected chi connectivity index (χ4v) is 1.80. The van der Waals surface area contributed by atoms with Crippen LogP contribution < -0.4 is 0 Å². The first-order valence-electron chi connectivity index (χ1n) is 5.70. The quantitative estimate of drug-likeness (QED) is 0.786. The van der Waals surface area contributed by atoms with E-state index >= 15 is 0 Å². The van der Waals surface area contributed by atoms with E-state index in [4.69, 9.17) is 4.74 Å². The Labute approximate surface area is 100 Å². The number of ether oxygens (including phenoxy) is 1. The zero-order chi connectivity index (χ0) is 12.3. The molecule has 1 aliphatic rings. The molecule has 0 aromatic heterocycles. The maximum atomic E-state index is 11.7. The standard InChI is InChI=1S/C13H15NO3/c1-10-7-8-14(12(10)15)13(16)17-9-11-5-3-2-4-6-11/h2-6,10H,7-9H2,1H3. The molecule has 4 nitrogen and oxygen atoms in total. The maximum absolute atomic E-state index is 11.7. The third-order valence-corrected chi connectivity index (χ3v) is 2.90. The zero-order valence-corrected chi connectivity index (χ0v) is 9.76. The Hall–Kier alpha value is -1.84. The van der Waals surface area contributed by atoms with Crippen LogP contribution in [0.1, 0.15) is 18.9 Å². The summed E-state index contributed by atoms with van der Waals surface area (Å²) >= 11 is 0. The minimum atomic E-state index is -0.539. The average Bonchev–Trinajstić information content (AvgIpc) is 2.69. The molecule has 0 N–H and O–H groups in total. The summed E-state index contributed by atoms with van der Waals surface area (Å²) in [6.07, 6.45) is 0.183. The fourth-order valence-electron chi connectivity index (χ4n) is 1.80. The molecule has 1 aromatic carbocycles. The van der Waals surface area contributed by atoms with Gasteiger partial charge in [0.15, 0.2) is 0 Å². The van der Waals surface area contributed by atoms with Crippen molar-refractivity contribution in [3.63, 3.8) is 0 Å². The summed E-state index contributed by atoms with van der Waals surface area (Å²) in [7, 11) is 0. The zero-order valence-electron chi connectivity index (χ0n) is 9.76. The number of rotatable bonds is 2. The van der Waals surface area contributed by atoms with E-state index in [2.05, 4.69) is 0 Å². The van der Waals surface area contributed by atoms with E-state index in [1.54, 1.807) is 0 Å². The van der Waals surface area contributed by atoms with Gasteiger partial charge in [-0.1, -0.05) is 37.3 Å². The van der Waals surface area contributed by atoms with Crippen LogP contribution in [0.4, 0.5) is 4.79 Å². The van der Waals surface area contributed by atoms with Gasteiger partial charge >= 0.3 is 6.09 Å². The molecule has 0 radical (unpaired) electrons. The lowest BCUT2D eigenvalue weighted by molar-refractivity contribution is -0.129. The summed E-state index contributed by atoms with van der Waals surface area (Å²) in [6, 6.07) is 9.42. The molecule has 1 atom stereocenters. The molecule has 1 fully saturated rings. The second-order valence-corrected chi connectivity index (χ2v) is 4.22. The SMILES string of the molecule is CC1CCN(C(=O)OCc2ccccc2)C1=O. The Morgan fingerprint density at radius 2 is 2.12 bits per heavy atom. The monoisotopic (exact) mass is 233 g/mol. The molecule has 0 aliphatic carbocycles. The number of carbonyl (C=O) groups is 2. The molecule has 2 rings (SSSR count). The highest BCUT2D eigenvalue weighted by atomic mass is 16.6. The number of carbonyl (C=O) groups excluding carboxylic acids is 2. The summed E-state index contributed by atoms with van der Waals surface area (Å²) in [6.45, 7) is 2.50. The molecule has 2 amide bonds. The molecule has 1 aliphatic heterocycles. The molecule has 17 heavy (non-hydrogen) atoms. The predicted molar refractivity (Wildman–Crippen MR) is 62.1 cm³/mol. The first-order chi connectivity index (χ1) is 8.18. The second-order valence-electron chi connectivity index (χ2n) is 4.22. The van der Waals surface area contributed by atoms with E-state index in [0.717, 1.165) is 12.0 Å². The van der Waals surface area contributed by atoms with Gasteiger partial charge in [-0.25, -0.2) is 9.69 Å². The van der Waals surface area contributed by atoms with Gasteiger partial charge in [0.1, 0.15) is 6.61 Å². The van der Waals surface area contributed by atoms with Crippen LogP contribution in [0.5, 0.6) is 0 Å². The van der Waals surface area contributed by atoms with Crippen molar-refractivity contribution in [3.05, 3.63) is 35.9 Å². The Bertz CT molecular complexity index is 416. The first-order valence-corrected chi connectivity index (χ1v) is 5.70. The minimum absolute atomic E-state index is 0.0701. The number of benzene rings is 1. The van der Waals surface area contributed by atoms with Crippen LogP contribution in [0.2, 0.25) is 0 Å². The summed E-state index contributed by atoms with van der Waals surface area (Å²) in [4.78, 5) is 24.4. The van der Waals surface area contributed by atoms with E-state index < -0.39 is 6.09 Å². The second kappa shape index (κ2) is 4.99. The molecule has 1 heterocycles. The Morgan fingerprint density at radius 1 is 1.41 bits per heavy atom. The molecule has 90 valence electrons. The number of nitrogens with zero attached hydrogens (tertiary/aromatic N) is 1. The van der Waals surface area contributed by atoms with Crippen LogP contribution in [-0.4, -0.2) is 23.4 Å². The third kappa shape index (κ3) is 2.64. The molecular weight excluding hydrogens is 218 g/mol. The molecule has 1 unspecified atom stereocenters. The van der Waals surface area contributed by atoms with E-state index in [9.17, 15) is 9.59 Å². The Kier molecular flexibility index (Phi) is 3.42. The molecule has 0 spiro atoms. The van der Waals surface area contributed by atoms with E-state index in [-0.39, 0.29) is 18.4 Å². The summed E-state index contributed by atoms with van der Waals surface area (Å²) in [5.74, 6) is -0.206. The van der Waals surface area contributed by atoms with Crippen molar-refractivity contribution in [1.29, 1.82) is 0 Å². The van der Waals surface area contributed by atoms with Gasteiger partial charge < -0.3 is 4.74 Å². The van der Waals surface area contributed by atoms with E-state index in [1.807, 2.05) is 37.3 Å². The molecule has 1 saturated heterocycles. The van der Waals surface area contributed by atoms with Crippen molar-refractivity contribution < 1.29 is 14.3 Å². The van der Waals surface area contributed by atoms with Crippen LogP contribution >= 0.6 is 0 Å². The van der Waals surface area contributed by atoms with Gasteiger partial charge in [0.25, 0.3) is 0 Å². The topological polar surface area (TPSA) is 46.6 Å². The molecule has 4 heteroatoms. The van der Waals surface area contributed by atoms with Crippen molar-refractivity contribution in [3.8, 4) is 0 Å². The summed E-state index contributed by atoms with van der Waals surface area (Å²) in [5.41, 5.74) is 0.917. The highest BCUT2D eigenvalue weighted by Gasteiger charge is 2.33. The lowest BCUT2D eigenvalue weighted by Crippen LogP contribution is -2.33. The Morgan fingerprint density at radius 3 is 2.71 bits per heavy atom. The molecular formula is C13H15NO3. The Balaban J connectivity index is 1.88. The molecule has 0 bridgehead atoms. The van der Waals surface area contributed by atoms with Crippen LogP contribution in [0, 0.1) is 5.92 Å². The van der Waals surface area contributed by atoms with Crippen molar-refractivity contribution in [2.24, 2.45) is 5.92 Å². The van der Waals surface area contributed by atoms with Gasteiger partial charge in [0.05, 0.1) is 0 Å². The lowest BCUT2D eigenvalue weighted by atomic mass is 10.1. The largest absolute Gasteiger partial charge is 0.444 e. The highest BCUT2D eigenvalue weighted by Crippen LogP contribution is 2.18. The van der Waals surface area contributed by atoms with E-state index in [0.29, 0.717) is 6.54 Å². The number of hydrogen-bond acceptors (Lipinski definition) is 3. The number of imide groups is 1. The third-order valence-electron chi connectivity index (χ3n) is 2.90. The summed E-state index contributed by atoms with van der Waals surface area (Å²) in [5, 5.41) is 0. The van der Waals surface area contributed by atoms with Crippen molar-refractivity contribution in [2.45, 2.75) is 20.0 Å². The van der Waals surface area contributed by atoms with Gasteiger partial charge in [-0.2, -0.15) is 0 Å². The van der Waals surface area contributed by atoms with Crippen LogP contribution in [-0.2, 0) is 16.1 Å². The van der Waals surface area contributed by atoms with Gasteiger partial charge in [0.2, 0.25) is 5.91 Å². The smallest absolute Gasteiger partial charge is 0.416 e. The number of amides is 2. The minimum Gasteiger partial charge on any atom is -0.444 e. The van der Waals surface area contributed by atoms with Crippen molar-refractivity contribution in [1.82, 2.24) is 4.90 Å².